The van der Waals surface area contributed by atoms with Crippen LogP contribution in [-0.4, -0.2) is 16.7 Å². The van der Waals surface area contributed by atoms with E-state index in [1.807, 2.05) is 0 Å². The largest absolute Gasteiger partial charge is 0.293 e. The highest BCUT2D eigenvalue weighted by atomic mass is 16.6. The highest BCUT2D eigenvalue weighted by molar-refractivity contribution is 6.23. The highest BCUT2D eigenvalue weighted by Crippen LogP contribution is 2.65. The zero-order chi connectivity index (χ0) is 16.7. The summed E-state index contributed by atoms with van der Waals surface area (Å²) in [5.41, 5.74) is 0.661. The molecule has 1 aliphatic heterocycles. The molecule has 4 aliphatic carbocycles. The number of benzene rings is 1. The number of carbonyl (C=O) groups is 2. The lowest BCUT2D eigenvalue weighted by Gasteiger charge is -2.37. The number of nitro groups is 1. The summed E-state index contributed by atoms with van der Waals surface area (Å²) < 4.78 is 0. The van der Waals surface area contributed by atoms with E-state index in [4.69, 9.17) is 0 Å². The molecule has 2 bridgehead atoms. The van der Waals surface area contributed by atoms with Crippen LogP contribution in [0.2, 0.25) is 0 Å². The van der Waals surface area contributed by atoms with Crippen molar-refractivity contribution < 1.29 is 14.5 Å². The molecule has 1 aromatic carbocycles. The number of nitro benzene ring substituents is 1. The molecule has 1 heterocycles. The molecule has 1 aromatic rings. The number of nitrogens with zero attached hydrogens (tertiary/aromatic N) is 2. The van der Waals surface area contributed by atoms with Crippen LogP contribution in [0.3, 0.4) is 0 Å². The second kappa shape index (κ2) is 4.32. The van der Waals surface area contributed by atoms with Crippen LogP contribution in [0.15, 0.2) is 30.4 Å². The first kappa shape index (κ1) is 13.9. The van der Waals surface area contributed by atoms with Crippen molar-refractivity contribution >= 4 is 23.2 Å². The molecule has 0 N–H and O–H groups in total. The quantitative estimate of drug-likeness (QED) is 0.362. The molecule has 122 valence electrons. The second-order valence-corrected chi connectivity index (χ2v) is 7.42. The standard InChI is InChI=1S/C18H16N2O4/c1-8-2-5-13(14(6-8)20(23)24)19-17(21)15-9-3-4-10(12-7-11(9)12)16(15)18(19)22/h2-6,9-12,15-16H,7H2,1H3/t9-,10-,11-,12-,15-,16+/m1/s1. The summed E-state index contributed by atoms with van der Waals surface area (Å²) in [6, 6.07) is 4.65. The van der Waals surface area contributed by atoms with E-state index < -0.39 is 4.92 Å². The normalized spacial score (nSPS) is 38.3. The van der Waals surface area contributed by atoms with Crippen molar-refractivity contribution in [2.75, 3.05) is 4.90 Å². The molecule has 0 unspecified atom stereocenters. The van der Waals surface area contributed by atoms with Crippen molar-refractivity contribution in [1.82, 2.24) is 0 Å². The predicted octanol–water partition coefficient (Wildman–Crippen LogP) is 2.46. The molecule has 6 atom stereocenters. The Kier molecular flexibility index (Phi) is 2.50. The Bertz CT molecular complexity index is 809. The number of hydrogen-bond acceptors (Lipinski definition) is 4. The number of carbonyl (C=O) groups excluding carboxylic acids is 2. The molecule has 6 rings (SSSR count). The van der Waals surface area contributed by atoms with Crippen molar-refractivity contribution in [2.45, 2.75) is 13.3 Å². The van der Waals surface area contributed by atoms with Gasteiger partial charge in [0.25, 0.3) is 5.69 Å². The van der Waals surface area contributed by atoms with Crippen LogP contribution < -0.4 is 4.90 Å². The van der Waals surface area contributed by atoms with Crippen molar-refractivity contribution in [3.05, 3.63) is 46.0 Å². The average molecular weight is 324 g/mol. The van der Waals surface area contributed by atoms with E-state index in [-0.39, 0.29) is 46.9 Å². The summed E-state index contributed by atoms with van der Waals surface area (Å²) in [5.74, 6) is 0.0847. The molecular weight excluding hydrogens is 308 g/mol. The molecule has 0 aromatic heterocycles. The van der Waals surface area contributed by atoms with E-state index in [1.165, 1.54) is 12.1 Å². The zero-order valence-corrected chi connectivity index (χ0v) is 13.1. The van der Waals surface area contributed by atoms with E-state index in [0.717, 1.165) is 16.9 Å². The molecule has 6 nitrogen and oxygen atoms in total. The van der Waals surface area contributed by atoms with Crippen molar-refractivity contribution in [1.29, 1.82) is 0 Å². The summed E-state index contributed by atoms with van der Waals surface area (Å²) in [6.45, 7) is 1.75. The predicted molar refractivity (Wildman–Crippen MR) is 85.0 cm³/mol. The first-order valence-electron chi connectivity index (χ1n) is 8.30. The highest BCUT2D eigenvalue weighted by Gasteiger charge is 2.67. The van der Waals surface area contributed by atoms with Gasteiger partial charge in [-0.3, -0.25) is 19.7 Å². The van der Waals surface area contributed by atoms with E-state index in [2.05, 4.69) is 12.2 Å². The Labute approximate surface area is 138 Å². The van der Waals surface area contributed by atoms with Crippen LogP contribution in [0, 0.1) is 52.5 Å². The molecule has 2 saturated carbocycles. The summed E-state index contributed by atoms with van der Waals surface area (Å²) in [6.07, 6.45) is 5.29. The van der Waals surface area contributed by atoms with Crippen molar-refractivity contribution in [2.24, 2.45) is 35.5 Å². The van der Waals surface area contributed by atoms with E-state index in [1.54, 1.807) is 13.0 Å². The van der Waals surface area contributed by atoms with Crippen LogP contribution in [-0.2, 0) is 9.59 Å². The molecule has 5 aliphatic rings. The van der Waals surface area contributed by atoms with Gasteiger partial charge in [0.15, 0.2) is 0 Å². The van der Waals surface area contributed by atoms with Crippen LogP contribution in [0.25, 0.3) is 0 Å². The maximum absolute atomic E-state index is 13.0. The Morgan fingerprint density at radius 3 is 2.21 bits per heavy atom. The lowest BCUT2D eigenvalue weighted by Crippen LogP contribution is -2.40. The fourth-order valence-electron chi connectivity index (χ4n) is 5.16. The number of anilines is 1. The van der Waals surface area contributed by atoms with Gasteiger partial charge in [0, 0.05) is 6.07 Å². The summed E-state index contributed by atoms with van der Waals surface area (Å²) >= 11 is 0. The molecule has 6 heteroatoms. The number of allylic oxidation sites excluding steroid dienone is 2. The third-order valence-corrected chi connectivity index (χ3v) is 6.23. The Hall–Kier alpha value is -2.50. The number of amides is 2. The Morgan fingerprint density at radius 2 is 1.67 bits per heavy atom. The van der Waals surface area contributed by atoms with Gasteiger partial charge in [-0.25, -0.2) is 4.90 Å². The van der Waals surface area contributed by atoms with Gasteiger partial charge in [0.2, 0.25) is 11.8 Å². The van der Waals surface area contributed by atoms with Crippen LogP contribution in [0.1, 0.15) is 12.0 Å². The number of aryl methyl sites for hydroxylation is 1. The minimum Gasteiger partial charge on any atom is -0.274 e. The van der Waals surface area contributed by atoms with E-state index in [9.17, 15) is 19.7 Å². The van der Waals surface area contributed by atoms with Crippen molar-refractivity contribution in [3.8, 4) is 0 Å². The number of rotatable bonds is 2. The summed E-state index contributed by atoms with van der Waals surface area (Å²) in [7, 11) is 0. The van der Waals surface area contributed by atoms with Gasteiger partial charge in [0.1, 0.15) is 5.69 Å². The van der Waals surface area contributed by atoms with Crippen LogP contribution in [0.4, 0.5) is 11.4 Å². The first-order chi connectivity index (χ1) is 11.5. The average Bonchev–Trinajstić information content (AvgIpc) is 3.33. The van der Waals surface area contributed by atoms with Gasteiger partial charge in [-0.05, 0) is 48.6 Å². The van der Waals surface area contributed by atoms with Gasteiger partial charge in [-0.15, -0.1) is 0 Å². The summed E-state index contributed by atoms with van der Waals surface area (Å²) in [5, 5.41) is 11.4. The molecular formula is C18H16N2O4. The van der Waals surface area contributed by atoms with Gasteiger partial charge in [-0.2, -0.15) is 0 Å². The third kappa shape index (κ3) is 1.56. The van der Waals surface area contributed by atoms with Gasteiger partial charge in [-0.1, -0.05) is 18.2 Å². The van der Waals surface area contributed by atoms with Crippen LogP contribution >= 0.6 is 0 Å². The molecule has 24 heavy (non-hydrogen) atoms. The van der Waals surface area contributed by atoms with E-state index in [0.29, 0.717) is 11.8 Å². The van der Waals surface area contributed by atoms with Crippen LogP contribution in [0.5, 0.6) is 0 Å². The number of imide groups is 1. The molecule has 1 saturated heterocycles. The van der Waals surface area contributed by atoms with Crippen molar-refractivity contribution in [3.63, 3.8) is 0 Å². The Morgan fingerprint density at radius 1 is 1.08 bits per heavy atom. The summed E-state index contributed by atoms with van der Waals surface area (Å²) in [4.78, 5) is 38.0. The zero-order valence-electron chi connectivity index (χ0n) is 13.1. The van der Waals surface area contributed by atoms with Gasteiger partial charge in [0.05, 0.1) is 16.8 Å². The van der Waals surface area contributed by atoms with E-state index >= 15 is 0 Å². The fourth-order valence-corrected chi connectivity index (χ4v) is 5.16. The monoisotopic (exact) mass is 324 g/mol. The Balaban J connectivity index is 1.61. The van der Waals surface area contributed by atoms with Gasteiger partial charge < -0.3 is 0 Å². The smallest absolute Gasteiger partial charge is 0.274 e. The fraction of sp³-hybridized carbons (Fsp3) is 0.444. The number of hydrogen-bond donors (Lipinski definition) is 0. The minimum atomic E-state index is -0.519. The lowest BCUT2D eigenvalue weighted by atomic mass is 9.63. The molecule has 2 amide bonds. The second-order valence-electron chi connectivity index (χ2n) is 7.42. The molecule has 0 radical (unpaired) electrons. The third-order valence-electron chi connectivity index (χ3n) is 6.23. The molecule has 0 spiro atoms. The molecule has 3 fully saturated rings. The SMILES string of the molecule is Cc1ccc(N2C(=O)[C@@H]3[C@@H]4C=C[C@H]([C@H]5C[C@H]45)[C@@H]3C2=O)c([N+](=O)[O-])c1. The maximum atomic E-state index is 13.0. The van der Waals surface area contributed by atoms with Gasteiger partial charge >= 0.3 is 0 Å². The maximum Gasteiger partial charge on any atom is 0.293 e. The minimum absolute atomic E-state index is 0.114. The topological polar surface area (TPSA) is 80.5 Å². The lowest BCUT2D eigenvalue weighted by molar-refractivity contribution is -0.384. The first-order valence-corrected chi connectivity index (χ1v) is 8.30.